The molecule has 1 aromatic heterocycles. The second-order valence-corrected chi connectivity index (χ2v) is 6.67. The van der Waals surface area contributed by atoms with Crippen molar-refractivity contribution in [2.24, 2.45) is 0 Å². The fourth-order valence-corrected chi connectivity index (χ4v) is 3.22. The minimum atomic E-state index is -0.921. The summed E-state index contributed by atoms with van der Waals surface area (Å²) in [7, 11) is 0. The molecule has 1 N–H and O–H groups in total. The van der Waals surface area contributed by atoms with Crippen LogP contribution in [0.5, 0.6) is 0 Å². The molecule has 26 heavy (non-hydrogen) atoms. The van der Waals surface area contributed by atoms with Crippen LogP contribution in [0.3, 0.4) is 0 Å². The number of amides is 1. The van der Waals surface area contributed by atoms with Gasteiger partial charge in [0.15, 0.2) is 0 Å². The van der Waals surface area contributed by atoms with E-state index in [1.54, 1.807) is 13.0 Å². The van der Waals surface area contributed by atoms with E-state index in [4.69, 9.17) is 0 Å². The summed E-state index contributed by atoms with van der Waals surface area (Å²) in [6.45, 7) is 1.80. The van der Waals surface area contributed by atoms with Crippen molar-refractivity contribution in [3.8, 4) is 0 Å². The predicted octanol–water partition coefficient (Wildman–Crippen LogP) is 2.61. The van der Waals surface area contributed by atoms with E-state index in [2.05, 4.69) is 10.4 Å². The maximum absolute atomic E-state index is 13.7. The smallest absolute Gasteiger partial charge is 0.267 e. The van der Waals surface area contributed by atoms with Crippen LogP contribution in [0.25, 0.3) is 0 Å². The third-order valence-corrected chi connectivity index (χ3v) is 4.54. The molecule has 138 valence electrons. The zero-order valence-corrected chi connectivity index (χ0v) is 14.6. The summed E-state index contributed by atoms with van der Waals surface area (Å²) in [6.07, 6.45) is 4.90. The van der Waals surface area contributed by atoms with E-state index >= 15 is 0 Å². The van der Waals surface area contributed by atoms with Gasteiger partial charge in [-0.05, 0) is 50.3 Å². The lowest BCUT2D eigenvalue weighted by molar-refractivity contribution is 0.0927. The monoisotopic (exact) mass is 361 g/mol. The Morgan fingerprint density at radius 3 is 2.65 bits per heavy atom. The molecule has 7 heteroatoms. The number of aryl methyl sites for hydroxylation is 2. The summed E-state index contributed by atoms with van der Waals surface area (Å²) in [6, 6.07) is 4.35. The van der Waals surface area contributed by atoms with Crippen molar-refractivity contribution < 1.29 is 13.6 Å². The maximum atomic E-state index is 13.7. The second kappa shape index (κ2) is 7.76. The highest BCUT2D eigenvalue weighted by Crippen LogP contribution is 2.17. The zero-order chi connectivity index (χ0) is 18.7. The van der Waals surface area contributed by atoms with Gasteiger partial charge in [-0.1, -0.05) is 12.5 Å². The van der Waals surface area contributed by atoms with E-state index in [9.17, 15) is 18.4 Å². The van der Waals surface area contributed by atoms with E-state index in [1.807, 2.05) is 0 Å². The molecule has 1 aliphatic carbocycles. The molecule has 1 atom stereocenters. The molecule has 0 radical (unpaired) electrons. The Bertz CT molecular complexity index is 859. The average Bonchev–Trinajstić information content (AvgIpc) is 2.79. The van der Waals surface area contributed by atoms with E-state index in [0.717, 1.165) is 55.5 Å². The van der Waals surface area contributed by atoms with Gasteiger partial charge in [-0.3, -0.25) is 9.59 Å². The molecule has 0 bridgehead atoms. The summed E-state index contributed by atoms with van der Waals surface area (Å²) in [5.74, 6) is -2.69. The summed E-state index contributed by atoms with van der Waals surface area (Å²) in [5.41, 5.74) is 1.06. The minimum absolute atomic E-state index is 0.133. The van der Waals surface area contributed by atoms with Crippen LogP contribution in [0.2, 0.25) is 0 Å². The van der Waals surface area contributed by atoms with Crippen molar-refractivity contribution >= 4 is 5.91 Å². The van der Waals surface area contributed by atoms with Crippen LogP contribution in [0.1, 0.15) is 47.8 Å². The number of rotatable bonds is 4. The number of benzene rings is 1. The highest BCUT2D eigenvalue weighted by molar-refractivity contribution is 5.94. The molecule has 1 heterocycles. The fourth-order valence-electron chi connectivity index (χ4n) is 3.22. The number of aromatic nitrogens is 2. The van der Waals surface area contributed by atoms with Gasteiger partial charge < -0.3 is 5.32 Å². The number of halogens is 2. The number of hydrogen-bond donors (Lipinski definition) is 1. The van der Waals surface area contributed by atoms with Crippen LogP contribution in [-0.2, 0) is 19.4 Å². The van der Waals surface area contributed by atoms with Crippen molar-refractivity contribution in [2.45, 2.75) is 51.6 Å². The molecule has 1 amide bonds. The van der Waals surface area contributed by atoms with Gasteiger partial charge in [0.2, 0.25) is 0 Å². The Morgan fingerprint density at radius 2 is 1.92 bits per heavy atom. The molecule has 0 spiro atoms. The van der Waals surface area contributed by atoms with Crippen LogP contribution < -0.4 is 10.9 Å². The van der Waals surface area contributed by atoms with Crippen molar-refractivity contribution in [1.29, 1.82) is 0 Å². The standard InChI is InChI=1S/C19H21F2N3O2/c1-12(22-19(26)18-14(20)7-5-8-15(18)21)11-24-17(25)10-13-6-3-2-4-9-16(13)23-24/h5,7-8,10,12H,2-4,6,9,11H2,1H3,(H,22,26)/t12-/m0/s1. The molecular weight excluding hydrogens is 340 g/mol. The first-order valence-electron chi connectivity index (χ1n) is 8.80. The molecule has 1 aromatic carbocycles. The van der Waals surface area contributed by atoms with Gasteiger partial charge in [0, 0.05) is 12.1 Å². The minimum Gasteiger partial charge on any atom is -0.348 e. The first kappa shape index (κ1) is 18.2. The van der Waals surface area contributed by atoms with Gasteiger partial charge in [0.25, 0.3) is 11.5 Å². The Morgan fingerprint density at radius 1 is 1.23 bits per heavy atom. The summed E-state index contributed by atoms with van der Waals surface area (Å²) in [5, 5.41) is 6.96. The largest absolute Gasteiger partial charge is 0.348 e. The van der Waals surface area contributed by atoms with E-state index in [0.29, 0.717) is 0 Å². The molecule has 0 saturated carbocycles. The topological polar surface area (TPSA) is 64.0 Å². The highest BCUT2D eigenvalue weighted by atomic mass is 19.1. The molecular formula is C19H21F2N3O2. The predicted molar refractivity (Wildman–Crippen MR) is 93.0 cm³/mol. The van der Waals surface area contributed by atoms with Crippen LogP contribution in [0, 0.1) is 11.6 Å². The number of carbonyl (C=O) groups excluding carboxylic acids is 1. The average molecular weight is 361 g/mol. The van der Waals surface area contributed by atoms with Gasteiger partial charge in [0.05, 0.1) is 12.2 Å². The number of nitrogens with one attached hydrogen (secondary N) is 1. The van der Waals surface area contributed by atoms with E-state index in [1.165, 1.54) is 10.7 Å². The number of nitrogens with zero attached hydrogens (tertiary/aromatic N) is 2. The molecule has 3 rings (SSSR count). The van der Waals surface area contributed by atoms with E-state index in [-0.39, 0.29) is 12.1 Å². The van der Waals surface area contributed by atoms with Gasteiger partial charge in [0.1, 0.15) is 17.2 Å². The third-order valence-electron chi connectivity index (χ3n) is 4.54. The van der Waals surface area contributed by atoms with Gasteiger partial charge >= 0.3 is 0 Å². The molecule has 5 nitrogen and oxygen atoms in total. The molecule has 0 unspecified atom stereocenters. The molecule has 0 aliphatic heterocycles. The Kier molecular flexibility index (Phi) is 5.44. The zero-order valence-electron chi connectivity index (χ0n) is 14.6. The first-order chi connectivity index (χ1) is 12.5. The number of hydrogen-bond acceptors (Lipinski definition) is 3. The van der Waals surface area contributed by atoms with Crippen LogP contribution in [-0.4, -0.2) is 21.7 Å². The van der Waals surface area contributed by atoms with Gasteiger partial charge in [-0.15, -0.1) is 0 Å². The summed E-state index contributed by atoms with van der Waals surface area (Å²) < 4.78 is 28.7. The Labute approximate surface area is 150 Å². The molecule has 0 saturated heterocycles. The van der Waals surface area contributed by atoms with Gasteiger partial charge in [-0.2, -0.15) is 5.10 Å². The quantitative estimate of drug-likeness (QED) is 0.852. The van der Waals surface area contributed by atoms with Crippen molar-refractivity contribution in [1.82, 2.24) is 15.1 Å². The Hall–Kier alpha value is -2.57. The number of carbonyl (C=O) groups is 1. The normalized spacial score (nSPS) is 15.0. The van der Waals surface area contributed by atoms with Gasteiger partial charge in [-0.25, -0.2) is 13.5 Å². The van der Waals surface area contributed by atoms with Crippen molar-refractivity contribution in [3.63, 3.8) is 0 Å². The lowest BCUT2D eigenvalue weighted by Gasteiger charge is -2.16. The summed E-state index contributed by atoms with van der Waals surface area (Å²) in [4.78, 5) is 24.4. The highest BCUT2D eigenvalue weighted by Gasteiger charge is 2.20. The fraction of sp³-hybridized carbons (Fsp3) is 0.421. The van der Waals surface area contributed by atoms with Crippen molar-refractivity contribution in [2.75, 3.05) is 0 Å². The van der Waals surface area contributed by atoms with Crippen molar-refractivity contribution in [3.05, 3.63) is 63.1 Å². The lowest BCUT2D eigenvalue weighted by atomic mass is 10.1. The third kappa shape index (κ3) is 3.98. The SMILES string of the molecule is C[C@@H](Cn1nc2c(cc1=O)CCCCC2)NC(=O)c1c(F)cccc1F. The molecule has 0 fully saturated rings. The lowest BCUT2D eigenvalue weighted by Crippen LogP contribution is -2.40. The van der Waals surface area contributed by atoms with Crippen LogP contribution in [0.4, 0.5) is 8.78 Å². The van der Waals surface area contributed by atoms with E-state index < -0.39 is 29.1 Å². The number of fused-ring (bicyclic) bond motifs is 1. The second-order valence-electron chi connectivity index (χ2n) is 6.67. The molecule has 1 aliphatic rings. The molecule has 2 aromatic rings. The van der Waals surface area contributed by atoms with Crippen LogP contribution in [0.15, 0.2) is 29.1 Å². The Balaban J connectivity index is 1.74. The first-order valence-corrected chi connectivity index (χ1v) is 8.80. The maximum Gasteiger partial charge on any atom is 0.267 e. The van der Waals surface area contributed by atoms with Crippen LogP contribution >= 0.6 is 0 Å². The summed E-state index contributed by atoms with van der Waals surface area (Å²) >= 11 is 0.